The number of rotatable bonds is 4. The van der Waals surface area contributed by atoms with Gasteiger partial charge in [0.2, 0.25) is 0 Å². The number of hydrogen-bond acceptors (Lipinski definition) is 5. The molecule has 15 heavy (non-hydrogen) atoms. The quantitative estimate of drug-likeness (QED) is 0.432. The molecule has 1 aliphatic carbocycles. The van der Waals surface area contributed by atoms with Gasteiger partial charge in [-0.25, -0.2) is 10.8 Å². The zero-order valence-corrected chi connectivity index (χ0v) is 8.53. The molecule has 5 N–H and O–H groups in total. The number of aliphatic hydroxyl groups is 1. The van der Waals surface area contributed by atoms with E-state index in [0.29, 0.717) is 5.82 Å². The van der Waals surface area contributed by atoms with Crippen LogP contribution in [0.25, 0.3) is 0 Å². The summed E-state index contributed by atoms with van der Waals surface area (Å²) >= 11 is 0. The lowest BCUT2D eigenvalue weighted by atomic mass is 9.77. The molecule has 0 spiro atoms. The highest BCUT2D eigenvalue weighted by Gasteiger charge is 2.36. The minimum Gasteiger partial charge on any atom is -0.394 e. The zero-order valence-electron chi connectivity index (χ0n) is 8.53. The smallest absolute Gasteiger partial charge is 0.141 e. The van der Waals surface area contributed by atoms with Crippen LogP contribution in [0.5, 0.6) is 0 Å². The number of nitrogens with one attached hydrogen (secondary N) is 2. The Labute approximate surface area is 88.7 Å². The molecule has 0 bridgehead atoms. The van der Waals surface area contributed by atoms with Gasteiger partial charge in [-0.2, -0.15) is 0 Å². The van der Waals surface area contributed by atoms with Gasteiger partial charge in [-0.1, -0.05) is 0 Å². The van der Waals surface area contributed by atoms with E-state index < -0.39 is 0 Å². The fourth-order valence-corrected chi connectivity index (χ4v) is 1.82. The lowest BCUT2D eigenvalue weighted by molar-refractivity contribution is 0.144. The maximum absolute atomic E-state index is 9.31. The molecule has 0 saturated heterocycles. The third-order valence-electron chi connectivity index (χ3n) is 2.93. The molecule has 0 unspecified atom stereocenters. The molecule has 0 aromatic carbocycles. The molecule has 0 atom stereocenters. The van der Waals surface area contributed by atoms with E-state index in [-0.39, 0.29) is 12.1 Å². The van der Waals surface area contributed by atoms with Crippen LogP contribution in [0, 0.1) is 0 Å². The average Bonchev–Trinajstić information content (AvgIpc) is 2.24. The van der Waals surface area contributed by atoms with E-state index in [1.165, 1.54) is 6.42 Å². The molecule has 0 radical (unpaired) electrons. The van der Waals surface area contributed by atoms with Crippen LogP contribution < -0.4 is 16.6 Å². The summed E-state index contributed by atoms with van der Waals surface area (Å²) in [5.74, 6) is 5.89. The lowest BCUT2D eigenvalue weighted by Crippen LogP contribution is -2.48. The van der Waals surface area contributed by atoms with E-state index in [1.807, 2.05) is 12.1 Å². The standard InChI is InChI=1S/C10H16N4O/c11-14-9-6-8(2-5-12-9)13-10(7-15)3-1-4-10/h2,5-6,15H,1,3-4,7,11H2,(H2,12,13,14). The van der Waals surface area contributed by atoms with Crippen molar-refractivity contribution in [3.05, 3.63) is 18.3 Å². The van der Waals surface area contributed by atoms with Gasteiger partial charge < -0.3 is 15.8 Å². The van der Waals surface area contributed by atoms with E-state index in [1.54, 1.807) is 6.20 Å². The van der Waals surface area contributed by atoms with Crippen molar-refractivity contribution >= 4 is 11.5 Å². The zero-order chi connectivity index (χ0) is 10.7. The summed E-state index contributed by atoms with van der Waals surface area (Å²) in [6, 6.07) is 3.70. The summed E-state index contributed by atoms with van der Waals surface area (Å²) in [6.45, 7) is 0.167. The van der Waals surface area contributed by atoms with Gasteiger partial charge in [-0.05, 0) is 25.3 Å². The van der Waals surface area contributed by atoms with Crippen molar-refractivity contribution < 1.29 is 5.11 Å². The third-order valence-corrected chi connectivity index (χ3v) is 2.93. The Balaban J connectivity index is 2.09. The lowest BCUT2D eigenvalue weighted by Gasteiger charge is -2.41. The number of anilines is 2. The van der Waals surface area contributed by atoms with Gasteiger partial charge in [0.15, 0.2) is 0 Å². The maximum atomic E-state index is 9.31. The second kappa shape index (κ2) is 4.04. The van der Waals surface area contributed by atoms with Crippen LogP contribution in [0.3, 0.4) is 0 Å². The van der Waals surface area contributed by atoms with Crippen molar-refractivity contribution in [2.45, 2.75) is 24.8 Å². The molecule has 1 saturated carbocycles. The van der Waals surface area contributed by atoms with Gasteiger partial charge in [0.1, 0.15) is 5.82 Å². The first-order valence-electron chi connectivity index (χ1n) is 5.10. The molecule has 1 aromatic heterocycles. The van der Waals surface area contributed by atoms with Gasteiger partial charge in [0.05, 0.1) is 12.1 Å². The van der Waals surface area contributed by atoms with Gasteiger partial charge in [-0.3, -0.25) is 0 Å². The van der Waals surface area contributed by atoms with Gasteiger partial charge in [0.25, 0.3) is 0 Å². The predicted molar refractivity (Wildman–Crippen MR) is 59.3 cm³/mol. The normalized spacial score (nSPS) is 18.0. The highest BCUT2D eigenvalue weighted by molar-refractivity contribution is 5.53. The van der Waals surface area contributed by atoms with Crippen LogP contribution in [0.1, 0.15) is 19.3 Å². The summed E-state index contributed by atoms with van der Waals surface area (Å²) in [5.41, 5.74) is 3.30. The third kappa shape index (κ3) is 2.03. The Morgan fingerprint density at radius 1 is 1.53 bits per heavy atom. The number of pyridine rings is 1. The molecule has 0 amide bonds. The summed E-state index contributed by atoms with van der Waals surface area (Å²) < 4.78 is 0. The van der Waals surface area contributed by atoms with Crippen LogP contribution >= 0.6 is 0 Å². The van der Waals surface area contributed by atoms with Gasteiger partial charge in [0, 0.05) is 18.0 Å². The minimum absolute atomic E-state index is 0.132. The molecule has 1 heterocycles. The van der Waals surface area contributed by atoms with Gasteiger partial charge in [-0.15, -0.1) is 0 Å². The Kier molecular flexibility index (Phi) is 2.75. The molecular weight excluding hydrogens is 192 g/mol. The van der Waals surface area contributed by atoms with Crippen molar-refractivity contribution in [2.75, 3.05) is 17.3 Å². The Bertz CT molecular complexity index is 332. The molecule has 1 fully saturated rings. The van der Waals surface area contributed by atoms with Crippen LogP contribution in [-0.2, 0) is 0 Å². The molecular formula is C10H16N4O. The number of hydrazine groups is 1. The number of aliphatic hydroxyl groups excluding tert-OH is 1. The molecule has 0 aliphatic heterocycles. The number of nitrogens with two attached hydrogens (primary N) is 1. The second-order valence-corrected chi connectivity index (χ2v) is 3.99. The number of hydrogen-bond donors (Lipinski definition) is 4. The first-order valence-corrected chi connectivity index (χ1v) is 5.10. The SMILES string of the molecule is NNc1cc(NC2(CO)CCC2)ccn1. The first kappa shape index (κ1) is 10.2. The Morgan fingerprint density at radius 2 is 2.33 bits per heavy atom. The summed E-state index contributed by atoms with van der Waals surface area (Å²) in [5, 5.41) is 12.6. The van der Waals surface area contributed by atoms with E-state index >= 15 is 0 Å². The van der Waals surface area contributed by atoms with Crippen molar-refractivity contribution in [3.8, 4) is 0 Å². The minimum atomic E-state index is -0.132. The van der Waals surface area contributed by atoms with Crippen LogP contribution in [0.15, 0.2) is 18.3 Å². The van der Waals surface area contributed by atoms with Crippen LogP contribution in [0.4, 0.5) is 11.5 Å². The van der Waals surface area contributed by atoms with Crippen molar-refractivity contribution in [1.29, 1.82) is 0 Å². The first-order chi connectivity index (χ1) is 7.28. The van der Waals surface area contributed by atoms with Crippen molar-refractivity contribution in [1.82, 2.24) is 4.98 Å². The second-order valence-electron chi connectivity index (χ2n) is 3.99. The molecule has 5 nitrogen and oxygen atoms in total. The molecule has 82 valence electrons. The van der Waals surface area contributed by atoms with Crippen LogP contribution in [-0.4, -0.2) is 22.2 Å². The van der Waals surface area contributed by atoms with E-state index in [4.69, 9.17) is 5.84 Å². The summed E-state index contributed by atoms with van der Waals surface area (Å²) in [6.07, 6.45) is 4.87. The maximum Gasteiger partial charge on any atom is 0.141 e. The summed E-state index contributed by atoms with van der Waals surface area (Å²) in [7, 11) is 0. The molecule has 1 aliphatic rings. The Hall–Kier alpha value is -1.33. The Morgan fingerprint density at radius 3 is 2.87 bits per heavy atom. The molecule has 2 rings (SSSR count). The van der Waals surface area contributed by atoms with E-state index in [2.05, 4.69) is 15.7 Å². The van der Waals surface area contributed by atoms with E-state index in [0.717, 1.165) is 18.5 Å². The van der Waals surface area contributed by atoms with Crippen molar-refractivity contribution in [3.63, 3.8) is 0 Å². The summed E-state index contributed by atoms with van der Waals surface area (Å²) in [4.78, 5) is 4.02. The number of aromatic nitrogens is 1. The number of nitrogen functional groups attached to an aromatic ring is 1. The number of nitrogens with zero attached hydrogens (tertiary/aromatic N) is 1. The van der Waals surface area contributed by atoms with E-state index in [9.17, 15) is 5.11 Å². The highest BCUT2D eigenvalue weighted by atomic mass is 16.3. The fourth-order valence-electron chi connectivity index (χ4n) is 1.82. The average molecular weight is 208 g/mol. The predicted octanol–water partition coefficient (Wildman–Crippen LogP) is 0.694. The topological polar surface area (TPSA) is 83.2 Å². The fraction of sp³-hybridized carbons (Fsp3) is 0.500. The van der Waals surface area contributed by atoms with Crippen LogP contribution in [0.2, 0.25) is 0 Å². The van der Waals surface area contributed by atoms with Gasteiger partial charge >= 0.3 is 0 Å². The highest BCUT2D eigenvalue weighted by Crippen LogP contribution is 2.34. The molecule has 5 heteroatoms. The monoisotopic (exact) mass is 208 g/mol. The molecule has 1 aromatic rings. The largest absolute Gasteiger partial charge is 0.394 e. The van der Waals surface area contributed by atoms with Crippen molar-refractivity contribution in [2.24, 2.45) is 5.84 Å².